The predicted octanol–water partition coefficient (Wildman–Crippen LogP) is -1.74. The maximum atomic E-state index is 6.88. The minimum atomic E-state index is 0. The molecule has 0 spiro atoms. The van der Waals surface area contributed by atoms with Gasteiger partial charge in [0.25, 0.3) is 25.0 Å². The number of nitriles is 4. The average Bonchev–Trinajstić information content (AvgIpc) is 2.22. The summed E-state index contributed by atoms with van der Waals surface area (Å²) in [5, 5.41) is 55.0. The summed E-state index contributed by atoms with van der Waals surface area (Å²) < 4.78 is 0. The third-order valence-electron chi connectivity index (χ3n) is 0.167. The van der Waals surface area contributed by atoms with Gasteiger partial charge in [-0.2, -0.15) is 21.0 Å². The Balaban J connectivity index is -0.0000000221. The molecule has 11 heteroatoms. The summed E-state index contributed by atoms with van der Waals surface area (Å²) in [5.41, 5.74) is 9.81. The van der Waals surface area contributed by atoms with Gasteiger partial charge in [-0.15, -0.1) is 0 Å². The van der Waals surface area contributed by atoms with Crippen LogP contribution < -0.4 is 11.5 Å². The summed E-state index contributed by atoms with van der Waals surface area (Å²) in [6.45, 7) is 1.19. The number of nitrogens with two attached hydrogens (primary N) is 2. The number of aliphatic hydroxyl groups excluding tert-OH is 4. The van der Waals surface area contributed by atoms with E-state index in [9.17, 15) is 0 Å². The van der Waals surface area contributed by atoms with Gasteiger partial charge in [-0.05, 0) is 0 Å². The van der Waals surface area contributed by atoms with Crippen LogP contribution in [0.2, 0.25) is 0 Å². The smallest absolute Gasteiger partial charge is 0.283 e. The molecule has 0 saturated heterocycles. The van der Waals surface area contributed by atoms with Gasteiger partial charge in [0.05, 0.1) is 0 Å². The fourth-order valence-electron chi connectivity index (χ4n) is 0. The van der Waals surface area contributed by atoms with E-state index in [1.54, 1.807) is 0 Å². The largest absolute Gasteiger partial charge is 0.443 e. The van der Waals surface area contributed by atoms with Gasteiger partial charge in [0, 0.05) is 30.5 Å². The Morgan fingerprint density at radius 1 is 0.647 bits per heavy atom. The first-order valence-electron chi connectivity index (χ1n) is 3.11. The number of nitrogens with zero attached hydrogens (tertiary/aromatic N) is 4. The Labute approximate surface area is 109 Å². The zero-order valence-electron chi connectivity index (χ0n) is 8.55. The van der Waals surface area contributed by atoms with E-state index in [1.165, 1.54) is 0 Å². The molecular weight excluding hydrogens is 272 g/mol. The number of rotatable bonds is 1. The van der Waals surface area contributed by atoms with Crippen molar-refractivity contribution >= 4 is 0 Å². The molecule has 0 atom stereocenters. The third-order valence-corrected chi connectivity index (χ3v) is 0.167. The van der Waals surface area contributed by atoms with Crippen molar-refractivity contribution in [2.24, 2.45) is 11.5 Å². The molecule has 96 valence electrons. The van der Waals surface area contributed by atoms with E-state index in [-0.39, 0.29) is 17.4 Å². The van der Waals surface area contributed by atoms with Crippen LogP contribution in [-0.2, 0) is 17.4 Å². The molecule has 8 N–H and O–H groups in total. The Hall–Kier alpha value is -2.39. The fraction of sp³-hybridized carbons (Fsp3) is 0.333. The Kier molecular flexibility index (Phi) is 356. The van der Waals surface area contributed by atoms with Gasteiger partial charge in [0.15, 0.2) is 0 Å². The van der Waals surface area contributed by atoms with Crippen molar-refractivity contribution < 1.29 is 37.8 Å². The summed E-state index contributed by atoms with van der Waals surface area (Å²) in [6, 6.07) is 0. The molecule has 0 amide bonds. The molecule has 0 rings (SSSR count). The van der Waals surface area contributed by atoms with Crippen molar-refractivity contribution in [2.45, 2.75) is 0 Å². The molecule has 0 unspecified atom stereocenters. The van der Waals surface area contributed by atoms with E-state index in [2.05, 4.69) is 0 Å². The normalized spacial score (nSPS) is 3.41. The Bertz CT molecular complexity index is 187. The van der Waals surface area contributed by atoms with Crippen molar-refractivity contribution in [3.8, 4) is 25.0 Å². The van der Waals surface area contributed by atoms with Gasteiger partial charge in [0.1, 0.15) is 0 Å². The second kappa shape index (κ2) is 166. The van der Waals surface area contributed by atoms with Gasteiger partial charge in [0.2, 0.25) is 0 Å². The molecule has 0 saturated carbocycles. The number of aliphatic hydroxyl groups is 4. The van der Waals surface area contributed by atoms with Gasteiger partial charge < -0.3 is 31.9 Å². The van der Waals surface area contributed by atoms with E-state index in [1.807, 2.05) is 0 Å². The van der Waals surface area contributed by atoms with Crippen molar-refractivity contribution in [3.63, 3.8) is 0 Å². The first kappa shape index (κ1) is 36.5. The molecule has 0 aromatic rings. The van der Waals surface area contributed by atoms with E-state index < -0.39 is 0 Å². The Morgan fingerprint density at radius 3 is 0.706 bits per heavy atom. The van der Waals surface area contributed by atoms with E-state index in [0.717, 1.165) is 25.0 Å². The molecule has 17 heavy (non-hydrogen) atoms. The SMILES string of the molecule is N#CO.N#CO.N#CO.N#CO.NCCN.[Cr]. The zero-order valence-corrected chi connectivity index (χ0v) is 9.83. The van der Waals surface area contributed by atoms with E-state index in [0.29, 0.717) is 13.1 Å². The van der Waals surface area contributed by atoms with Crippen LogP contribution >= 0.6 is 0 Å². The number of hydrogen-bond acceptors (Lipinski definition) is 10. The molecule has 0 aromatic heterocycles. The summed E-state index contributed by atoms with van der Waals surface area (Å²) in [4.78, 5) is 0. The number of hydrogen-bond donors (Lipinski definition) is 6. The van der Waals surface area contributed by atoms with Crippen LogP contribution in [0.25, 0.3) is 0 Å². The average molecular weight is 284 g/mol. The molecule has 10 nitrogen and oxygen atoms in total. The summed E-state index contributed by atoms with van der Waals surface area (Å²) in [6.07, 6.45) is 3.00. The van der Waals surface area contributed by atoms with Crippen LogP contribution in [0.5, 0.6) is 0 Å². The zero-order chi connectivity index (χ0) is 14.2. The second-order valence-corrected chi connectivity index (χ2v) is 0.977. The van der Waals surface area contributed by atoms with Gasteiger partial charge in [-0.25, -0.2) is 0 Å². The molecule has 0 heterocycles. The predicted molar refractivity (Wildman–Crippen MR) is 48.3 cm³/mol. The van der Waals surface area contributed by atoms with Gasteiger partial charge >= 0.3 is 0 Å². The van der Waals surface area contributed by atoms with Crippen LogP contribution in [0.3, 0.4) is 0 Å². The monoisotopic (exact) mass is 284 g/mol. The quantitative estimate of drug-likeness (QED) is 0.297. The Morgan fingerprint density at radius 2 is 0.706 bits per heavy atom. The maximum Gasteiger partial charge on any atom is 0.283 e. The molecular formula is C6H12CrN6O4. The summed E-state index contributed by atoms with van der Waals surface area (Å²) in [7, 11) is 0. The van der Waals surface area contributed by atoms with Crippen molar-refractivity contribution in [3.05, 3.63) is 0 Å². The molecule has 0 aliphatic heterocycles. The maximum absolute atomic E-state index is 6.88. The first-order valence-corrected chi connectivity index (χ1v) is 3.11. The molecule has 0 aromatic carbocycles. The molecule has 0 aliphatic carbocycles. The van der Waals surface area contributed by atoms with Crippen LogP contribution in [0.15, 0.2) is 0 Å². The van der Waals surface area contributed by atoms with Gasteiger partial charge in [-0.3, -0.25) is 0 Å². The molecule has 0 radical (unpaired) electrons. The topological polar surface area (TPSA) is 228 Å². The van der Waals surface area contributed by atoms with E-state index >= 15 is 0 Å². The minimum Gasteiger partial charge on any atom is -0.443 e. The van der Waals surface area contributed by atoms with Crippen LogP contribution in [-0.4, -0.2) is 33.5 Å². The van der Waals surface area contributed by atoms with Gasteiger partial charge in [-0.1, -0.05) is 0 Å². The minimum absolute atomic E-state index is 0. The third kappa shape index (κ3) is 953. The summed E-state index contributed by atoms with van der Waals surface area (Å²) in [5.74, 6) is 0. The van der Waals surface area contributed by atoms with Crippen LogP contribution in [0, 0.1) is 46.1 Å². The van der Waals surface area contributed by atoms with Crippen molar-refractivity contribution in [1.29, 1.82) is 21.0 Å². The fourth-order valence-corrected chi connectivity index (χ4v) is 0. The standard InChI is InChI=1S/C2H8N2.4CHNO.Cr/c3-1-2-4;4*2-1-3;/h1-4H2;4*3H;. The molecule has 0 bridgehead atoms. The first-order chi connectivity index (χ1) is 7.57. The van der Waals surface area contributed by atoms with Crippen LogP contribution in [0.4, 0.5) is 0 Å². The molecule has 0 aliphatic rings. The van der Waals surface area contributed by atoms with E-state index in [4.69, 9.17) is 52.9 Å². The molecule has 0 fully saturated rings. The second-order valence-electron chi connectivity index (χ2n) is 0.977. The van der Waals surface area contributed by atoms with Crippen molar-refractivity contribution in [2.75, 3.05) is 13.1 Å². The summed E-state index contributed by atoms with van der Waals surface area (Å²) >= 11 is 0. The van der Waals surface area contributed by atoms with Crippen LogP contribution in [0.1, 0.15) is 0 Å². The van der Waals surface area contributed by atoms with Crippen molar-refractivity contribution in [1.82, 2.24) is 0 Å².